The number of methoxy groups -OCH3 is 2. The van der Waals surface area contributed by atoms with E-state index in [9.17, 15) is 9.90 Å². The smallest absolute Gasteiger partial charge is 0.337 e. The van der Waals surface area contributed by atoms with Crippen LogP contribution in [0.1, 0.15) is 42.4 Å². The van der Waals surface area contributed by atoms with Gasteiger partial charge in [0.05, 0.1) is 31.2 Å². The van der Waals surface area contributed by atoms with Crippen LogP contribution in [-0.2, 0) is 5.41 Å². The molecule has 3 rings (SSSR count). The zero-order valence-corrected chi connectivity index (χ0v) is 18.1. The van der Waals surface area contributed by atoms with Crippen LogP contribution in [0.15, 0.2) is 42.5 Å². The second kappa shape index (κ2) is 8.10. The lowest BCUT2D eigenvalue weighted by atomic mass is 9.90. The molecule has 0 atom stereocenters. The van der Waals surface area contributed by atoms with Crippen LogP contribution in [-0.4, -0.2) is 35.1 Å². The molecule has 7 nitrogen and oxygen atoms in total. The zero-order chi connectivity index (χ0) is 22.1. The lowest BCUT2D eigenvalue weighted by Gasteiger charge is -2.16. The first-order valence-corrected chi connectivity index (χ1v) is 9.59. The molecule has 30 heavy (non-hydrogen) atoms. The number of anilines is 2. The van der Waals surface area contributed by atoms with Crippen molar-refractivity contribution in [1.82, 2.24) is 9.78 Å². The Morgan fingerprint density at radius 2 is 1.80 bits per heavy atom. The second-order valence-electron chi connectivity index (χ2n) is 8.00. The number of rotatable bonds is 6. The highest BCUT2D eigenvalue weighted by atomic mass is 16.5. The lowest BCUT2D eigenvalue weighted by Crippen LogP contribution is -2.14. The Morgan fingerprint density at radius 1 is 1.10 bits per heavy atom. The molecule has 0 aliphatic rings. The molecule has 2 aromatic carbocycles. The fourth-order valence-corrected chi connectivity index (χ4v) is 3.40. The first-order chi connectivity index (χ1) is 14.2. The van der Waals surface area contributed by atoms with Crippen molar-refractivity contribution in [3.8, 4) is 17.2 Å². The van der Waals surface area contributed by atoms with Crippen LogP contribution in [0.2, 0.25) is 0 Å². The first-order valence-electron chi connectivity index (χ1n) is 9.59. The molecule has 0 aliphatic heterocycles. The molecule has 1 aromatic heterocycles. The highest BCUT2D eigenvalue weighted by Crippen LogP contribution is 2.36. The molecular weight excluding hydrogens is 382 g/mol. The van der Waals surface area contributed by atoms with Crippen molar-refractivity contribution in [3.05, 3.63) is 59.3 Å². The third-order valence-corrected chi connectivity index (χ3v) is 4.86. The zero-order valence-electron chi connectivity index (χ0n) is 18.1. The van der Waals surface area contributed by atoms with Crippen LogP contribution in [0, 0.1) is 6.92 Å². The number of para-hydroxylation sites is 2. The number of nitrogens with zero attached hydrogens (tertiary/aromatic N) is 2. The quantitative estimate of drug-likeness (QED) is 0.600. The predicted octanol–water partition coefficient (Wildman–Crippen LogP) is 4.94. The van der Waals surface area contributed by atoms with E-state index in [1.54, 1.807) is 23.9 Å². The van der Waals surface area contributed by atoms with Gasteiger partial charge in [-0.25, -0.2) is 9.48 Å². The molecule has 0 unspecified atom stereocenters. The van der Waals surface area contributed by atoms with Gasteiger partial charge in [-0.15, -0.1) is 0 Å². The van der Waals surface area contributed by atoms with Crippen LogP contribution >= 0.6 is 0 Å². The summed E-state index contributed by atoms with van der Waals surface area (Å²) in [4.78, 5) is 11.8. The van der Waals surface area contributed by atoms with Crippen LogP contribution < -0.4 is 14.8 Å². The number of aromatic carboxylic acids is 1. The second-order valence-corrected chi connectivity index (χ2v) is 8.00. The standard InChI is InChI=1S/C23H27N3O4/c1-14-20(23(2,3)4)25-26(18-9-7-8-10-19(18)30-6)21(14)24-17-12-11-15(29-5)13-16(17)22(27)28/h7-13,24H,1-6H3,(H,27,28). The summed E-state index contributed by atoms with van der Waals surface area (Å²) in [5, 5.41) is 17.9. The van der Waals surface area contributed by atoms with Crippen molar-refractivity contribution in [3.63, 3.8) is 0 Å². The van der Waals surface area contributed by atoms with E-state index >= 15 is 0 Å². The van der Waals surface area contributed by atoms with Crippen molar-refractivity contribution >= 4 is 17.5 Å². The summed E-state index contributed by atoms with van der Waals surface area (Å²) in [6.45, 7) is 8.25. The minimum Gasteiger partial charge on any atom is -0.497 e. The van der Waals surface area contributed by atoms with Gasteiger partial charge in [-0.3, -0.25) is 0 Å². The van der Waals surface area contributed by atoms with Crippen molar-refractivity contribution in [2.45, 2.75) is 33.1 Å². The maximum absolute atomic E-state index is 11.8. The van der Waals surface area contributed by atoms with E-state index in [-0.39, 0.29) is 11.0 Å². The number of ether oxygens (including phenoxy) is 2. The van der Waals surface area contributed by atoms with E-state index in [0.717, 1.165) is 16.9 Å². The van der Waals surface area contributed by atoms with Crippen molar-refractivity contribution in [1.29, 1.82) is 0 Å². The highest BCUT2D eigenvalue weighted by Gasteiger charge is 2.27. The third kappa shape index (κ3) is 3.96. The number of benzene rings is 2. The molecule has 0 saturated carbocycles. The van der Waals surface area contributed by atoms with E-state index in [1.807, 2.05) is 31.2 Å². The Labute approximate surface area is 176 Å². The van der Waals surface area contributed by atoms with Gasteiger partial charge in [0.15, 0.2) is 0 Å². The van der Waals surface area contributed by atoms with Crippen LogP contribution in [0.3, 0.4) is 0 Å². The third-order valence-electron chi connectivity index (χ3n) is 4.86. The molecule has 1 heterocycles. The molecule has 0 radical (unpaired) electrons. The summed E-state index contributed by atoms with van der Waals surface area (Å²) < 4.78 is 12.5. The molecule has 0 bridgehead atoms. The van der Waals surface area contributed by atoms with Gasteiger partial charge in [0, 0.05) is 11.0 Å². The van der Waals surface area contributed by atoms with Crippen LogP contribution in [0.25, 0.3) is 5.69 Å². The Hall–Kier alpha value is -3.48. The van der Waals surface area contributed by atoms with Gasteiger partial charge >= 0.3 is 5.97 Å². The molecule has 7 heteroatoms. The largest absolute Gasteiger partial charge is 0.497 e. The van der Waals surface area contributed by atoms with Crippen molar-refractivity contribution in [2.75, 3.05) is 19.5 Å². The van der Waals surface area contributed by atoms with E-state index < -0.39 is 5.97 Å². The lowest BCUT2D eigenvalue weighted by molar-refractivity contribution is 0.0697. The Kier molecular flexibility index (Phi) is 5.73. The Bertz CT molecular complexity index is 1080. The van der Waals surface area contributed by atoms with Gasteiger partial charge in [0.2, 0.25) is 0 Å². The minimum absolute atomic E-state index is 0.110. The average molecular weight is 409 g/mol. The van der Waals surface area contributed by atoms with Gasteiger partial charge in [0.1, 0.15) is 23.0 Å². The summed E-state index contributed by atoms with van der Waals surface area (Å²) in [6, 6.07) is 12.5. The van der Waals surface area contributed by atoms with Gasteiger partial charge in [-0.1, -0.05) is 32.9 Å². The Balaban J connectivity index is 2.22. The molecule has 0 amide bonds. The molecule has 0 spiro atoms. The number of hydrogen-bond acceptors (Lipinski definition) is 5. The summed E-state index contributed by atoms with van der Waals surface area (Å²) in [6.07, 6.45) is 0. The predicted molar refractivity (Wildman–Crippen MR) is 117 cm³/mol. The average Bonchev–Trinajstić information content (AvgIpc) is 3.04. The van der Waals surface area contributed by atoms with E-state index in [0.29, 0.717) is 23.0 Å². The summed E-state index contributed by atoms with van der Waals surface area (Å²) in [5.74, 6) is 0.769. The van der Waals surface area contributed by atoms with Gasteiger partial charge in [0.25, 0.3) is 0 Å². The normalized spacial score (nSPS) is 11.3. The minimum atomic E-state index is -1.05. The maximum Gasteiger partial charge on any atom is 0.337 e. The van der Waals surface area contributed by atoms with Gasteiger partial charge in [-0.05, 0) is 37.3 Å². The number of carboxylic acid groups (broad SMARTS) is 1. The Morgan fingerprint density at radius 3 is 2.40 bits per heavy atom. The maximum atomic E-state index is 11.8. The molecule has 0 saturated heterocycles. The fourth-order valence-electron chi connectivity index (χ4n) is 3.40. The van der Waals surface area contributed by atoms with Crippen molar-refractivity contribution in [2.24, 2.45) is 0 Å². The van der Waals surface area contributed by atoms with E-state index in [2.05, 4.69) is 26.1 Å². The highest BCUT2D eigenvalue weighted by molar-refractivity contribution is 5.95. The number of carbonyl (C=O) groups is 1. The molecule has 0 aliphatic carbocycles. The summed E-state index contributed by atoms with van der Waals surface area (Å²) in [5.41, 5.74) is 2.94. The molecule has 3 aromatic rings. The number of nitrogens with one attached hydrogen (secondary N) is 1. The molecular formula is C23H27N3O4. The molecule has 2 N–H and O–H groups in total. The first kappa shape index (κ1) is 21.2. The SMILES string of the molecule is COc1ccc(Nc2c(C)c(C(C)(C)C)nn2-c2ccccc2OC)c(C(=O)O)c1. The van der Waals surface area contributed by atoms with E-state index in [4.69, 9.17) is 14.6 Å². The number of aromatic nitrogens is 2. The monoisotopic (exact) mass is 409 g/mol. The summed E-state index contributed by atoms with van der Waals surface area (Å²) >= 11 is 0. The van der Waals surface area contributed by atoms with Crippen LogP contribution in [0.5, 0.6) is 11.5 Å². The fraction of sp³-hybridized carbons (Fsp3) is 0.304. The summed E-state index contributed by atoms with van der Waals surface area (Å²) in [7, 11) is 3.11. The van der Waals surface area contributed by atoms with Gasteiger partial charge in [-0.2, -0.15) is 5.10 Å². The number of hydrogen-bond donors (Lipinski definition) is 2. The van der Waals surface area contributed by atoms with Gasteiger partial charge < -0.3 is 19.9 Å². The van der Waals surface area contributed by atoms with E-state index in [1.165, 1.54) is 13.2 Å². The number of carboxylic acids is 1. The van der Waals surface area contributed by atoms with Crippen molar-refractivity contribution < 1.29 is 19.4 Å². The topological polar surface area (TPSA) is 85.6 Å². The molecule has 158 valence electrons. The molecule has 0 fully saturated rings. The van der Waals surface area contributed by atoms with Crippen LogP contribution in [0.4, 0.5) is 11.5 Å².